The highest BCUT2D eigenvalue weighted by atomic mass is 32.1. The summed E-state index contributed by atoms with van der Waals surface area (Å²) in [4.78, 5) is 28.3. The first kappa shape index (κ1) is 16.9. The SMILES string of the molecule is Cn1nc(C(F)F)c2cc(C(=O)Nc3cc4c([nH]c3=O)CCCC4)sc21. The van der Waals surface area contributed by atoms with E-state index in [-0.39, 0.29) is 27.2 Å². The minimum absolute atomic E-state index is 0.181. The van der Waals surface area contributed by atoms with E-state index in [0.29, 0.717) is 4.83 Å². The predicted octanol–water partition coefficient (Wildman–Crippen LogP) is 3.39. The lowest BCUT2D eigenvalue weighted by Crippen LogP contribution is -2.22. The summed E-state index contributed by atoms with van der Waals surface area (Å²) in [5.41, 5.74) is 1.44. The molecule has 0 spiro atoms. The van der Waals surface area contributed by atoms with Crippen molar-refractivity contribution >= 4 is 33.1 Å². The number of anilines is 1. The second-order valence-electron chi connectivity index (χ2n) is 6.32. The summed E-state index contributed by atoms with van der Waals surface area (Å²) in [6, 6.07) is 3.11. The van der Waals surface area contributed by atoms with E-state index in [9.17, 15) is 18.4 Å². The van der Waals surface area contributed by atoms with Crippen LogP contribution in [0.4, 0.5) is 14.5 Å². The van der Waals surface area contributed by atoms with Gasteiger partial charge in [-0.05, 0) is 43.4 Å². The third-order valence-corrected chi connectivity index (χ3v) is 5.76. The fourth-order valence-electron chi connectivity index (χ4n) is 3.29. The summed E-state index contributed by atoms with van der Waals surface area (Å²) in [5, 5.41) is 6.65. The van der Waals surface area contributed by atoms with E-state index in [1.807, 2.05) is 0 Å². The number of aromatic amines is 1. The molecule has 26 heavy (non-hydrogen) atoms. The van der Waals surface area contributed by atoms with Crippen molar-refractivity contribution < 1.29 is 13.6 Å². The average Bonchev–Trinajstić information content (AvgIpc) is 3.16. The van der Waals surface area contributed by atoms with Crippen LogP contribution in [0.15, 0.2) is 16.9 Å². The van der Waals surface area contributed by atoms with Gasteiger partial charge in [0.2, 0.25) is 0 Å². The third-order valence-electron chi connectivity index (χ3n) is 4.56. The zero-order chi connectivity index (χ0) is 18.4. The molecule has 1 aliphatic carbocycles. The molecule has 9 heteroatoms. The average molecular weight is 378 g/mol. The van der Waals surface area contributed by atoms with Gasteiger partial charge in [-0.25, -0.2) is 8.78 Å². The van der Waals surface area contributed by atoms with Gasteiger partial charge >= 0.3 is 0 Å². The van der Waals surface area contributed by atoms with Gasteiger partial charge in [0.1, 0.15) is 16.2 Å². The van der Waals surface area contributed by atoms with Gasteiger partial charge in [0, 0.05) is 18.1 Å². The van der Waals surface area contributed by atoms with Crippen LogP contribution < -0.4 is 10.9 Å². The molecular weight excluding hydrogens is 362 g/mol. The number of nitrogens with zero attached hydrogens (tertiary/aromatic N) is 2. The van der Waals surface area contributed by atoms with E-state index < -0.39 is 12.3 Å². The number of carbonyl (C=O) groups excluding carboxylic acids is 1. The molecule has 0 aromatic carbocycles. The molecule has 0 aliphatic heterocycles. The molecule has 4 rings (SSSR count). The molecule has 0 fully saturated rings. The van der Waals surface area contributed by atoms with Gasteiger partial charge in [-0.2, -0.15) is 5.10 Å². The molecule has 1 amide bonds. The molecule has 3 aromatic rings. The van der Waals surface area contributed by atoms with E-state index in [1.165, 1.54) is 10.7 Å². The number of alkyl halides is 2. The number of nitrogens with one attached hydrogen (secondary N) is 2. The second-order valence-corrected chi connectivity index (χ2v) is 7.35. The van der Waals surface area contributed by atoms with Crippen LogP contribution in [-0.2, 0) is 19.9 Å². The van der Waals surface area contributed by atoms with Gasteiger partial charge in [0.05, 0.1) is 4.88 Å². The molecule has 0 unspecified atom stereocenters. The van der Waals surface area contributed by atoms with Gasteiger partial charge in [0.15, 0.2) is 0 Å². The van der Waals surface area contributed by atoms with Gasteiger partial charge in [-0.15, -0.1) is 11.3 Å². The fourth-order valence-corrected chi connectivity index (χ4v) is 4.27. The van der Waals surface area contributed by atoms with Crippen molar-refractivity contribution in [2.24, 2.45) is 7.05 Å². The highest BCUT2D eigenvalue weighted by Crippen LogP contribution is 2.33. The summed E-state index contributed by atoms with van der Waals surface area (Å²) in [5.74, 6) is -0.493. The lowest BCUT2D eigenvalue weighted by atomic mass is 9.96. The summed E-state index contributed by atoms with van der Waals surface area (Å²) >= 11 is 1.07. The first-order chi connectivity index (χ1) is 12.4. The Morgan fingerprint density at radius 1 is 1.35 bits per heavy atom. The predicted molar refractivity (Wildman–Crippen MR) is 95.2 cm³/mol. The Bertz CT molecular complexity index is 1070. The van der Waals surface area contributed by atoms with Crippen LogP contribution in [0.2, 0.25) is 0 Å². The number of hydrogen-bond donors (Lipinski definition) is 2. The Morgan fingerprint density at radius 2 is 2.12 bits per heavy atom. The number of hydrogen-bond acceptors (Lipinski definition) is 4. The van der Waals surface area contributed by atoms with Crippen molar-refractivity contribution in [3.05, 3.63) is 44.3 Å². The van der Waals surface area contributed by atoms with Crippen molar-refractivity contribution in [3.63, 3.8) is 0 Å². The Labute approximate surface area is 150 Å². The van der Waals surface area contributed by atoms with Crippen LogP contribution in [0.25, 0.3) is 10.2 Å². The van der Waals surface area contributed by atoms with E-state index in [0.717, 1.165) is 48.3 Å². The Balaban J connectivity index is 1.66. The Morgan fingerprint density at radius 3 is 2.88 bits per heavy atom. The van der Waals surface area contributed by atoms with Crippen molar-refractivity contribution in [3.8, 4) is 0 Å². The van der Waals surface area contributed by atoms with E-state index in [4.69, 9.17) is 0 Å². The number of halogens is 2. The molecule has 1 aliphatic rings. The van der Waals surface area contributed by atoms with Crippen LogP contribution in [0.1, 0.15) is 45.9 Å². The number of pyridine rings is 1. The Kier molecular flexibility index (Phi) is 4.10. The molecule has 2 N–H and O–H groups in total. The fraction of sp³-hybridized carbons (Fsp3) is 0.353. The molecule has 3 heterocycles. The minimum atomic E-state index is -2.72. The number of aromatic nitrogens is 3. The van der Waals surface area contributed by atoms with Crippen LogP contribution in [0, 0.1) is 0 Å². The van der Waals surface area contributed by atoms with Gasteiger partial charge in [0.25, 0.3) is 17.9 Å². The molecule has 0 saturated heterocycles. The topological polar surface area (TPSA) is 79.8 Å². The van der Waals surface area contributed by atoms with Crippen LogP contribution >= 0.6 is 11.3 Å². The molecule has 0 bridgehead atoms. The Hall–Kier alpha value is -2.55. The summed E-state index contributed by atoms with van der Waals surface area (Å²) in [6.07, 6.45) is 1.07. The monoisotopic (exact) mass is 378 g/mol. The third kappa shape index (κ3) is 2.82. The maximum absolute atomic E-state index is 13.1. The lowest BCUT2D eigenvalue weighted by Gasteiger charge is -2.16. The number of rotatable bonds is 3. The number of carbonyl (C=O) groups is 1. The normalized spacial score (nSPS) is 14.0. The van der Waals surface area contributed by atoms with Gasteiger partial charge < -0.3 is 10.3 Å². The van der Waals surface area contributed by atoms with E-state index in [2.05, 4.69) is 15.4 Å². The molecular formula is C17H16F2N4O2S. The molecule has 0 saturated carbocycles. The van der Waals surface area contributed by atoms with Crippen molar-refractivity contribution in [1.82, 2.24) is 14.8 Å². The molecule has 136 valence electrons. The summed E-state index contributed by atoms with van der Waals surface area (Å²) < 4.78 is 27.5. The minimum Gasteiger partial charge on any atom is -0.324 e. The molecule has 0 radical (unpaired) electrons. The van der Waals surface area contributed by atoms with Crippen LogP contribution in [-0.4, -0.2) is 20.7 Å². The quantitative estimate of drug-likeness (QED) is 0.733. The highest BCUT2D eigenvalue weighted by Gasteiger charge is 2.22. The van der Waals surface area contributed by atoms with Gasteiger partial charge in [-0.3, -0.25) is 14.3 Å². The number of fused-ring (bicyclic) bond motifs is 2. The molecule has 6 nitrogen and oxygen atoms in total. The van der Waals surface area contributed by atoms with Crippen LogP contribution in [0.3, 0.4) is 0 Å². The maximum atomic E-state index is 13.1. The van der Waals surface area contributed by atoms with Crippen LogP contribution in [0.5, 0.6) is 0 Å². The zero-order valence-electron chi connectivity index (χ0n) is 13.9. The summed E-state index contributed by atoms with van der Waals surface area (Å²) in [7, 11) is 1.56. The zero-order valence-corrected chi connectivity index (χ0v) is 14.8. The van der Waals surface area contributed by atoms with Crippen molar-refractivity contribution in [2.45, 2.75) is 32.1 Å². The lowest BCUT2D eigenvalue weighted by molar-refractivity contribution is 0.103. The first-order valence-corrected chi connectivity index (χ1v) is 9.06. The number of amides is 1. The summed E-state index contributed by atoms with van der Waals surface area (Å²) in [6.45, 7) is 0. The maximum Gasteiger partial charge on any atom is 0.282 e. The van der Waals surface area contributed by atoms with Gasteiger partial charge in [-0.1, -0.05) is 0 Å². The number of aryl methyl sites for hydroxylation is 3. The van der Waals surface area contributed by atoms with E-state index >= 15 is 0 Å². The highest BCUT2D eigenvalue weighted by molar-refractivity contribution is 7.20. The van der Waals surface area contributed by atoms with E-state index in [1.54, 1.807) is 13.1 Å². The first-order valence-electron chi connectivity index (χ1n) is 8.25. The largest absolute Gasteiger partial charge is 0.324 e. The second kappa shape index (κ2) is 6.31. The van der Waals surface area contributed by atoms with Crippen molar-refractivity contribution in [1.29, 1.82) is 0 Å². The number of thiophene rings is 1. The number of H-pyrrole nitrogens is 1. The molecule has 0 atom stereocenters. The molecule has 3 aromatic heterocycles. The smallest absolute Gasteiger partial charge is 0.282 e. The standard InChI is InChI=1S/C17H16F2N4O2S/c1-23-17-9(13(22-23)14(18)19)7-12(26-17)16(25)21-11-6-8-4-2-3-5-10(8)20-15(11)24/h6-7,14H,2-5H2,1H3,(H,20,24)(H,21,25). The van der Waals surface area contributed by atoms with Crippen molar-refractivity contribution in [2.75, 3.05) is 5.32 Å².